The Morgan fingerprint density at radius 3 is 2.66 bits per heavy atom. The molecule has 2 N–H and O–H groups in total. The molecule has 2 amide bonds. The number of carbonyl (C=O) groups excluding carboxylic acids is 2. The van der Waals surface area contributed by atoms with Gasteiger partial charge in [0, 0.05) is 49.6 Å². The molecule has 1 aromatic carbocycles. The van der Waals surface area contributed by atoms with Crippen LogP contribution in [0.2, 0.25) is 0 Å². The van der Waals surface area contributed by atoms with Gasteiger partial charge in [-0.05, 0) is 30.3 Å². The lowest BCUT2D eigenvalue weighted by Crippen LogP contribution is -2.39. The van der Waals surface area contributed by atoms with Crippen LogP contribution in [0.15, 0.2) is 55.0 Å². The van der Waals surface area contributed by atoms with Crippen LogP contribution in [-0.4, -0.2) is 55.8 Å². The van der Waals surface area contributed by atoms with Crippen LogP contribution in [0.25, 0.3) is 28.2 Å². The highest BCUT2D eigenvalue weighted by atomic mass is 32.1. The van der Waals surface area contributed by atoms with Crippen molar-refractivity contribution in [1.29, 1.82) is 5.26 Å². The number of pyridine rings is 1. The minimum absolute atomic E-state index is 0.0198. The number of imidazole rings is 1. The third-order valence-electron chi connectivity index (χ3n) is 7.48. The van der Waals surface area contributed by atoms with E-state index in [1.807, 2.05) is 58.9 Å². The number of rotatable bonds is 9. The molecule has 1 aliphatic heterocycles. The van der Waals surface area contributed by atoms with E-state index in [-0.39, 0.29) is 24.3 Å². The zero-order valence-electron chi connectivity index (χ0n) is 24.2. The first kappa shape index (κ1) is 29.4. The SMILES string of the molecule is CCc1nc2ccc(-c3cnc(CC(=O)NCC4CCC(=O)N4)cn3)cn2c1N(C)c1nc(-c2ccc(P)cc2)c(C#N)s1. The van der Waals surface area contributed by atoms with Gasteiger partial charge in [-0.15, -0.1) is 9.24 Å². The van der Waals surface area contributed by atoms with E-state index < -0.39 is 0 Å². The van der Waals surface area contributed by atoms with E-state index in [1.54, 1.807) is 12.4 Å². The minimum atomic E-state index is -0.168. The lowest BCUT2D eigenvalue weighted by molar-refractivity contribution is -0.121. The quantitative estimate of drug-likeness (QED) is 0.238. The number of carbonyl (C=O) groups is 2. The Morgan fingerprint density at radius 1 is 1.18 bits per heavy atom. The Bertz CT molecular complexity index is 1890. The van der Waals surface area contributed by atoms with Crippen molar-refractivity contribution in [1.82, 2.24) is 35.0 Å². The molecule has 2 unspecified atom stereocenters. The number of nitriles is 1. The molecule has 222 valence electrons. The van der Waals surface area contributed by atoms with Gasteiger partial charge in [-0.3, -0.25) is 24.0 Å². The van der Waals surface area contributed by atoms with Crippen LogP contribution in [0.4, 0.5) is 10.9 Å². The minimum Gasteiger partial charge on any atom is -0.354 e. The third-order valence-corrected chi connectivity index (χ3v) is 8.90. The van der Waals surface area contributed by atoms with Crippen LogP contribution < -0.4 is 20.8 Å². The van der Waals surface area contributed by atoms with Crippen LogP contribution in [0, 0.1) is 11.3 Å². The number of anilines is 2. The van der Waals surface area contributed by atoms with Gasteiger partial charge in [0.1, 0.15) is 28.1 Å². The van der Waals surface area contributed by atoms with Crippen molar-refractivity contribution >= 4 is 54.3 Å². The normalized spacial score (nSPS) is 14.4. The fourth-order valence-electron chi connectivity index (χ4n) is 5.17. The van der Waals surface area contributed by atoms with Gasteiger partial charge in [0.25, 0.3) is 0 Å². The van der Waals surface area contributed by atoms with Gasteiger partial charge >= 0.3 is 0 Å². The summed E-state index contributed by atoms with van der Waals surface area (Å²) in [6.45, 7) is 2.46. The molecule has 0 spiro atoms. The molecule has 0 radical (unpaired) electrons. The topological polar surface area (TPSA) is 141 Å². The van der Waals surface area contributed by atoms with Gasteiger partial charge in [0.15, 0.2) is 5.13 Å². The lowest BCUT2D eigenvalue weighted by Gasteiger charge is -2.17. The molecule has 0 bridgehead atoms. The van der Waals surface area contributed by atoms with Crippen LogP contribution in [-0.2, 0) is 22.4 Å². The van der Waals surface area contributed by atoms with E-state index in [0.717, 1.165) is 40.0 Å². The van der Waals surface area contributed by atoms with Gasteiger partial charge in [-0.1, -0.05) is 42.5 Å². The summed E-state index contributed by atoms with van der Waals surface area (Å²) in [5.41, 5.74) is 5.28. The summed E-state index contributed by atoms with van der Waals surface area (Å²) in [5, 5.41) is 17.3. The Labute approximate surface area is 260 Å². The van der Waals surface area contributed by atoms with Crippen molar-refractivity contribution in [3.63, 3.8) is 0 Å². The summed E-state index contributed by atoms with van der Waals surface area (Å²) in [7, 11) is 4.60. The smallest absolute Gasteiger partial charge is 0.226 e. The first-order valence-electron chi connectivity index (χ1n) is 14.2. The molecule has 0 aliphatic carbocycles. The van der Waals surface area contributed by atoms with Gasteiger partial charge in [0.2, 0.25) is 11.8 Å². The van der Waals surface area contributed by atoms with Crippen LogP contribution >= 0.6 is 20.6 Å². The fraction of sp³-hybridized carbons (Fsp3) is 0.258. The molecule has 5 heterocycles. The zero-order chi connectivity index (χ0) is 30.8. The first-order chi connectivity index (χ1) is 21.3. The highest BCUT2D eigenvalue weighted by Crippen LogP contribution is 2.37. The number of fused-ring (bicyclic) bond motifs is 1. The zero-order valence-corrected chi connectivity index (χ0v) is 26.2. The van der Waals surface area contributed by atoms with Gasteiger partial charge in [0.05, 0.1) is 29.7 Å². The standard InChI is InChI=1S/C31H30N9O2PS/c1-3-23-30(39(2)31-38-29(25(13-32)44-31)18-4-8-22(43)9-5-18)40-17-19(6-10-26(40)37-23)24-16-33-21(15-34-24)12-28(42)35-14-20-7-11-27(41)36-20/h4-6,8-10,15-17,20H,3,7,11-12,14,43H2,1-2H3,(H,35,42)(H,36,41). The van der Waals surface area contributed by atoms with Crippen molar-refractivity contribution in [3.05, 3.63) is 71.3 Å². The van der Waals surface area contributed by atoms with Crippen LogP contribution in [0.1, 0.15) is 36.0 Å². The van der Waals surface area contributed by atoms with Crippen LogP contribution in [0.3, 0.4) is 0 Å². The van der Waals surface area contributed by atoms with Crippen molar-refractivity contribution in [2.75, 3.05) is 18.5 Å². The molecule has 11 nitrogen and oxygen atoms in total. The molecule has 6 rings (SSSR count). The number of nitrogens with zero attached hydrogens (tertiary/aromatic N) is 7. The summed E-state index contributed by atoms with van der Waals surface area (Å²) < 4.78 is 2.01. The number of hydrogen-bond donors (Lipinski definition) is 2. The summed E-state index contributed by atoms with van der Waals surface area (Å²) in [4.78, 5) is 45.1. The highest BCUT2D eigenvalue weighted by Gasteiger charge is 2.23. The Hall–Kier alpha value is -4.72. The second kappa shape index (κ2) is 12.5. The van der Waals surface area contributed by atoms with E-state index >= 15 is 0 Å². The molecule has 2 atom stereocenters. The van der Waals surface area contributed by atoms with Crippen molar-refractivity contribution in [2.45, 2.75) is 38.6 Å². The second-order valence-corrected chi connectivity index (χ2v) is 12.2. The maximum Gasteiger partial charge on any atom is 0.226 e. The number of aryl methyl sites for hydroxylation is 1. The van der Waals surface area contributed by atoms with Gasteiger partial charge in [-0.2, -0.15) is 5.26 Å². The Balaban J connectivity index is 1.24. The van der Waals surface area contributed by atoms with Crippen LogP contribution in [0.5, 0.6) is 0 Å². The summed E-state index contributed by atoms with van der Waals surface area (Å²) in [6.07, 6.45) is 7.28. The highest BCUT2D eigenvalue weighted by molar-refractivity contribution is 7.27. The molecule has 1 fully saturated rings. The molecule has 4 aromatic heterocycles. The molecule has 1 aliphatic rings. The Morgan fingerprint density at radius 2 is 1.98 bits per heavy atom. The average Bonchev–Trinajstić information content (AvgIpc) is 3.76. The van der Waals surface area contributed by atoms with E-state index in [4.69, 9.17) is 9.97 Å². The van der Waals surface area contributed by atoms with Gasteiger partial charge < -0.3 is 15.5 Å². The Kier molecular flexibility index (Phi) is 8.33. The largest absolute Gasteiger partial charge is 0.354 e. The lowest BCUT2D eigenvalue weighted by atomic mass is 10.1. The summed E-state index contributed by atoms with van der Waals surface area (Å²) >= 11 is 1.34. The summed E-state index contributed by atoms with van der Waals surface area (Å²) in [6, 6.07) is 14.1. The second-order valence-electron chi connectivity index (χ2n) is 10.5. The number of amides is 2. The predicted molar refractivity (Wildman–Crippen MR) is 173 cm³/mol. The van der Waals surface area contributed by atoms with Crippen molar-refractivity contribution in [2.24, 2.45) is 0 Å². The number of benzene rings is 1. The van der Waals surface area contributed by atoms with Crippen molar-refractivity contribution in [3.8, 4) is 28.6 Å². The van der Waals surface area contributed by atoms with E-state index in [1.165, 1.54) is 11.3 Å². The maximum absolute atomic E-state index is 12.4. The molecule has 1 saturated heterocycles. The fourth-order valence-corrected chi connectivity index (χ4v) is 6.21. The number of hydrogen-bond acceptors (Lipinski definition) is 9. The average molecular weight is 624 g/mol. The van der Waals surface area contributed by atoms with E-state index in [0.29, 0.717) is 46.5 Å². The first-order valence-corrected chi connectivity index (χ1v) is 15.6. The molecular weight excluding hydrogens is 593 g/mol. The molecular formula is C31H30N9O2PS. The van der Waals surface area contributed by atoms with E-state index in [9.17, 15) is 14.9 Å². The predicted octanol–water partition coefficient (Wildman–Crippen LogP) is 3.55. The maximum atomic E-state index is 12.4. The summed E-state index contributed by atoms with van der Waals surface area (Å²) in [5.74, 6) is 0.709. The molecule has 13 heteroatoms. The number of nitrogens with one attached hydrogen (secondary N) is 2. The van der Waals surface area contributed by atoms with Gasteiger partial charge in [-0.25, -0.2) is 9.97 Å². The number of thiazole rings is 1. The molecule has 5 aromatic rings. The van der Waals surface area contributed by atoms with Crippen molar-refractivity contribution < 1.29 is 9.59 Å². The number of aromatic nitrogens is 5. The van der Waals surface area contributed by atoms with E-state index in [2.05, 4.69) is 42.8 Å². The molecule has 0 saturated carbocycles. The monoisotopic (exact) mass is 623 g/mol. The third kappa shape index (κ3) is 6.02. The molecule has 44 heavy (non-hydrogen) atoms.